The predicted molar refractivity (Wildman–Crippen MR) is 81.8 cm³/mol. The number of pyridine rings is 1. The smallest absolute Gasteiger partial charge is 0.178 e. The highest BCUT2D eigenvalue weighted by atomic mass is 79.9. The lowest BCUT2D eigenvalue weighted by molar-refractivity contribution is 0.0742. The number of nitrogens with zero attached hydrogens (tertiary/aromatic N) is 3. The molecule has 0 saturated carbocycles. The van der Waals surface area contributed by atoms with Crippen LogP contribution in [0.3, 0.4) is 0 Å². The molecule has 3 rings (SSSR count). The maximum absolute atomic E-state index is 10.0. The molecule has 3 aromatic rings. The number of rotatable bonds is 2. The molecule has 4 nitrogen and oxygen atoms in total. The van der Waals surface area contributed by atoms with Crippen molar-refractivity contribution in [3.8, 4) is 5.69 Å². The highest BCUT2D eigenvalue weighted by Gasteiger charge is 2.19. The molecule has 2 heterocycles. The molecule has 0 aliphatic rings. The molecule has 0 saturated heterocycles. The second-order valence-corrected chi connectivity index (χ2v) is 6.11. The predicted octanol–water partition coefficient (Wildman–Crippen LogP) is 3.41. The van der Waals surface area contributed by atoms with E-state index in [0.717, 1.165) is 15.7 Å². The molecule has 0 radical (unpaired) electrons. The van der Waals surface area contributed by atoms with Crippen LogP contribution in [0.25, 0.3) is 16.9 Å². The highest BCUT2D eigenvalue weighted by molar-refractivity contribution is 9.10. The maximum Gasteiger partial charge on any atom is 0.178 e. The second-order valence-electron chi connectivity index (χ2n) is 5.19. The van der Waals surface area contributed by atoms with Crippen molar-refractivity contribution in [2.24, 2.45) is 0 Å². The Morgan fingerprint density at radius 1 is 1.20 bits per heavy atom. The summed E-state index contributed by atoms with van der Waals surface area (Å²) < 4.78 is 2.99. The molecule has 0 spiro atoms. The summed E-state index contributed by atoms with van der Waals surface area (Å²) in [6.07, 6.45) is 1.74. The van der Waals surface area contributed by atoms with Crippen LogP contribution in [0.4, 0.5) is 0 Å². The van der Waals surface area contributed by atoms with Gasteiger partial charge in [-0.05, 0) is 44.2 Å². The Kier molecular flexibility index (Phi) is 3.11. The largest absolute Gasteiger partial charge is 0.384 e. The average molecular weight is 332 g/mol. The fourth-order valence-electron chi connectivity index (χ4n) is 2.07. The minimum Gasteiger partial charge on any atom is -0.384 e. The second kappa shape index (κ2) is 4.68. The summed E-state index contributed by atoms with van der Waals surface area (Å²) in [4.78, 5) is 8.75. The molecule has 1 aromatic carbocycles. The standard InChI is InChI=1S/C15H14BrN3O/c1-15(2,20)13-7-6-12-14(18-13)17-9-19(12)11-5-3-4-10(16)8-11/h3-9,20H,1-2H3. The number of fused-ring (bicyclic) bond motifs is 1. The van der Waals surface area contributed by atoms with Gasteiger partial charge in [-0.2, -0.15) is 0 Å². The van der Waals surface area contributed by atoms with Crippen molar-refractivity contribution >= 4 is 27.1 Å². The van der Waals surface area contributed by atoms with Crippen LogP contribution < -0.4 is 0 Å². The average Bonchev–Trinajstić information content (AvgIpc) is 2.80. The van der Waals surface area contributed by atoms with Crippen LogP contribution in [0.2, 0.25) is 0 Å². The van der Waals surface area contributed by atoms with E-state index in [1.165, 1.54) is 0 Å². The molecule has 0 amide bonds. The Morgan fingerprint density at radius 2 is 2.00 bits per heavy atom. The van der Waals surface area contributed by atoms with Crippen molar-refractivity contribution in [1.82, 2.24) is 14.5 Å². The van der Waals surface area contributed by atoms with Crippen molar-refractivity contribution in [3.05, 3.63) is 52.9 Å². The molecular weight excluding hydrogens is 318 g/mol. The first-order chi connectivity index (χ1) is 9.45. The Bertz CT molecular complexity index is 774. The Labute approximate surface area is 125 Å². The zero-order valence-electron chi connectivity index (χ0n) is 11.2. The number of aliphatic hydroxyl groups is 1. The summed E-state index contributed by atoms with van der Waals surface area (Å²) in [6, 6.07) is 11.7. The molecule has 2 aromatic heterocycles. The minimum absolute atomic E-state index is 0.615. The van der Waals surface area contributed by atoms with E-state index < -0.39 is 5.60 Å². The Balaban J connectivity index is 2.15. The van der Waals surface area contributed by atoms with E-state index in [1.807, 2.05) is 41.0 Å². The van der Waals surface area contributed by atoms with Crippen LogP contribution in [0.5, 0.6) is 0 Å². The van der Waals surface area contributed by atoms with Gasteiger partial charge in [0.05, 0.1) is 11.2 Å². The third-order valence-corrected chi connectivity index (χ3v) is 3.62. The summed E-state index contributed by atoms with van der Waals surface area (Å²) in [5.74, 6) is 0. The summed E-state index contributed by atoms with van der Waals surface area (Å²) in [5, 5.41) is 10.0. The lowest BCUT2D eigenvalue weighted by Gasteiger charge is -2.16. The van der Waals surface area contributed by atoms with Gasteiger partial charge in [-0.25, -0.2) is 9.97 Å². The normalized spacial score (nSPS) is 12.0. The summed E-state index contributed by atoms with van der Waals surface area (Å²) in [6.45, 7) is 3.43. The van der Waals surface area contributed by atoms with Crippen LogP contribution in [0.15, 0.2) is 47.2 Å². The molecule has 102 valence electrons. The number of benzene rings is 1. The quantitative estimate of drug-likeness (QED) is 0.782. The van der Waals surface area contributed by atoms with Gasteiger partial charge in [-0.15, -0.1) is 0 Å². The lowest BCUT2D eigenvalue weighted by Crippen LogP contribution is -2.17. The monoisotopic (exact) mass is 331 g/mol. The van der Waals surface area contributed by atoms with Gasteiger partial charge in [-0.3, -0.25) is 4.57 Å². The molecule has 0 fully saturated rings. The third-order valence-electron chi connectivity index (χ3n) is 3.12. The summed E-state index contributed by atoms with van der Waals surface area (Å²) in [7, 11) is 0. The van der Waals surface area contributed by atoms with Gasteiger partial charge in [0.2, 0.25) is 0 Å². The van der Waals surface area contributed by atoms with Gasteiger partial charge in [0.25, 0.3) is 0 Å². The van der Waals surface area contributed by atoms with Crippen LogP contribution in [-0.4, -0.2) is 19.6 Å². The van der Waals surface area contributed by atoms with Crippen LogP contribution in [0, 0.1) is 0 Å². The molecule has 20 heavy (non-hydrogen) atoms. The SMILES string of the molecule is CC(C)(O)c1ccc2c(ncn2-c2cccc(Br)c2)n1. The minimum atomic E-state index is -0.965. The Hall–Kier alpha value is -1.72. The summed E-state index contributed by atoms with van der Waals surface area (Å²) >= 11 is 3.47. The number of hydrogen-bond donors (Lipinski definition) is 1. The molecule has 0 aliphatic carbocycles. The Morgan fingerprint density at radius 3 is 2.70 bits per heavy atom. The van der Waals surface area contributed by atoms with Crippen LogP contribution >= 0.6 is 15.9 Å². The van der Waals surface area contributed by atoms with Crippen molar-refractivity contribution in [3.63, 3.8) is 0 Å². The molecule has 0 unspecified atom stereocenters. The van der Waals surface area contributed by atoms with Gasteiger partial charge in [-0.1, -0.05) is 22.0 Å². The fourth-order valence-corrected chi connectivity index (χ4v) is 2.46. The van der Waals surface area contributed by atoms with Crippen LogP contribution in [0.1, 0.15) is 19.5 Å². The van der Waals surface area contributed by atoms with Gasteiger partial charge >= 0.3 is 0 Å². The molecule has 0 atom stereocenters. The number of halogens is 1. The van der Waals surface area contributed by atoms with E-state index >= 15 is 0 Å². The summed E-state index contributed by atoms with van der Waals surface area (Å²) in [5.41, 5.74) is 2.21. The maximum atomic E-state index is 10.0. The van der Waals surface area contributed by atoms with Gasteiger partial charge in [0.15, 0.2) is 5.65 Å². The molecule has 0 bridgehead atoms. The van der Waals surface area contributed by atoms with Crippen molar-refractivity contribution in [1.29, 1.82) is 0 Å². The van der Waals surface area contributed by atoms with E-state index in [-0.39, 0.29) is 0 Å². The van der Waals surface area contributed by atoms with Crippen LogP contribution in [-0.2, 0) is 5.60 Å². The van der Waals surface area contributed by atoms with Crippen molar-refractivity contribution in [2.75, 3.05) is 0 Å². The lowest BCUT2D eigenvalue weighted by atomic mass is 10.1. The van der Waals surface area contributed by atoms with Crippen molar-refractivity contribution in [2.45, 2.75) is 19.4 Å². The number of aromatic nitrogens is 3. The zero-order valence-corrected chi connectivity index (χ0v) is 12.8. The number of hydrogen-bond acceptors (Lipinski definition) is 3. The molecule has 1 N–H and O–H groups in total. The van der Waals surface area contributed by atoms with Gasteiger partial charge in [0, 0.05) is 10.2 Å². The molecule has 0 aliphatic heterocycles. The third kappa shape index (κ3) is 2.34. The number of imidazole rings is 1. The van der Waals surface area contributed by atoms with Crippen molar-refractivity contribution < 1.29 is 5.11 Å². The molecular formula is C15H14BrN3O. The zero-order chi connectivity index (χ0) is 14.3. The van der Waals surface area contributed by atoms with E-state index in [0.29, 0.717) is 11.3 Å². The fraction of sp³-hybridized carbons (Fsp3) is 0.200. The van der Waals surface area contributed by atoms with E-state index in [4.69, 9.17) is 0 Å². The van der Waals surface area contributed by atoms with Gasteiger partial charge in [0.1, 0.15) is 11.9 Å². The molecule has 5 heteroatoms. The first-order valence-corrected chi connectivity index (χ1v) is 7.07. The van der Waals surface area contributed by atoms with E-state index in [2.05, 4.69) is 25.9 Å². The first kappa shape index (κ1) is 13.3. The van der Waals surface area contributed by atoms with E-state index in [1.54, 1.807) is 20.2 Å². The first-order valence-electron chi connectivity index (χ1n) is 6.28. The highest BCUT2D eigenvalue weighted by Crippen LogP contribution is 2.23. The topological polar surface area (TPSA) is 50.9 Å². The van der Waals surface area contributed by atoms with E-state index in [9.17, 15) is 5.11 Å². The van der Waals surface area contributed by atoms with Gasteiger partial charge < -0.3 is 5.11 Å².